The van der Waals surface area contributed by atoms with E-state index in [1.807, 2.05) is 0 Å². The normalized spacial score (nSPS) is 19.2. The minimum atomic E-state index is -4.88. The number of alkyl halides is 3. The number of aromatic nitrogens is 1. The summed E-state index contributed by atoms with van der Waals surface area (Å²) in [5, 5.41) is 2.86. The van der Waals surface area contributed by atoms with Gasteiger partial charge < -0.3 is 10.2 Å². The van der Waals surface area contributed by atoms with Crippen molar-refractivity contribution in [3.8, 4) is 11.3 Å². The van der Waals surface area contributed by atoms with Gasteiger partial charge in [0, 0.05) is 30.9 Å². The number of halogens is 4. The monoisotopic (exact) mass is 423 g/mol. The van der Waals surface area contributed by atoms with Crippen molar-refractivity contribution >= 4 is 11.8 Å². The van der Waals surface area contributed by atoms with Crippen LogP contribution in [0.4, 0.5) is 17.6 Å². The average Bonchev–Trinajstić information content (AvgIpc) is 2.72. The van der Waals surface area contributed by atoms with Crippen molar-refractivity contribution in [3.63, 3.8) is 0 Å². The molecule has 1 saturated carbocycles. The van der Waals surface area contributed by atoms with Crippen LogP contribution in [0.1, 0.15) is 36.0 Å². The van der Waals surface area contributed by atoms with E-state index in [4.69, 9.17) is 0 Å². The van der Waals surface area contributed by atoms with Crippen molar-refractivity contribution in [3.05, 3.63) is 54.0 Å². The quantitative estimate of drug-likeness (QED) is 0.758. The standard InChI is InChI=1S/C21H21F4N3O2/c1-28(20(30)21(23,24)25)17-8-6-16(7-9-17)27-19(29)14-5-10-18(26-12-14)13-3-2-4-15(22)11-13/h2-5,10-12,16-17H,6-9H2,1H3,(H,27,29)/t16-,17-. The summed E-state index contributed by atoms with van der Waals surface area (Å²) in [6.07, 6.45) is -1.79. The van der Waals surface area contributed by atoms with E-state index >= 15 is 0 Å². The number of rotatable bonds is 4. The molecular formula is C21H21F4N3O2. The molecule has 5 nitrogen and oxygen atoms in total. The first-order valence-corrected chi connectivity index (χ1v) is 9.52. The van der Waals surface area contributed by atoms with Crippen LogP contribution in [0.2, 0.25) is 0 Å². The van der Waals surface area contributed by atoms with E-state index in [1.165, 1.54) is 18.3 Å². The van der Waals surface area contributed by atoms with Gasteiger partial charge in [-0.25, -0.2) is 4.39 Å². The maximum atomic E-state index is 13.3. The van der Waals surface area contributed by atoms with E-state index in [0.717, 1.165) is 11.9 Å². The number of hydrogen-bond acceptors (Lipinski definition) is 3. The molecule has 1 N–H and O–H groups in total. The fraction of sp³-hybridized carbons (Fsp3) is 0.381. The van der Waals surface area contributed by atoms with Crippen molar-refractivity contribution < 1.29 is 27.2 Å². The maximum Gasteiger partial charge on any atom is 0.471 e. The molecule has 0 spiro atoms. The van der Waals surface area contributed by atoms with Gasteiger partial charge in [-0.3, -0.25) is 14.6 Å². The van der Waals surface area contributed by atoms with E-state index < -0.39 is 18.1 Å². The van der Waals surface area contributed by atoms with Crippen molar-refractivity contribution in [2.75, 3.05) is 7.05 Å². The molecule has 3 rings (SSSR count). The van der Waals surface area contributed by atoms with Gasteiger partial charge in [0.05, 0.1) is 11.3 Å². The van der Waals surface area contributed by atoms with Gasteiger partial charge >= 0.3 is 12.1 Å². The van der Waals surface area contributed by atoms with Gasteiger partial charge in [-0.15, -0.1) is 0 Å². The predicted octanol–water partition coefficient (Wildman–Crippen LogP) is 3.95. The molecule has 1 heterocycles. The van der Waals surface area contributed by atoms with Crippen molar-refractivity contribution in [2.45, 2.75) is 43.9 Å². The largest absolute Gasteiger partial charge is 0.471 e. The van der Waals surface area contributed by atoms with Gasteiger partial charge in [0.1, 0.15) is 5.82 Å². The Morgan fingerprint density at radius 2 is 1.80 bits per heavy atom. The minimum Gasteiger partial charge on any atom is -0.349 e. The zero-order valence-corrected chi connectivity index (χ0v) is 16.2. The second kappa shape index (κ2) is 8.81. The summed E-state index contributed by atoms with van der Waals surface area (Å²) in [6.45, 7) is 0. The SMILES string of the molecule is CN(C(=O)C(F)(F)F)[C@H]1CC[C@H](NC(=O)c2ccc(-c3cccc(F)c3)nc2)CC1. The van der Waals surface area contributed by atoms with Crippen LogP contribution in [0.5, 0.6) is 0 Å². The zero-order chi connectivity index (χ0) is 21.9. The van der Waals surface area contributed by atoms with E-state index in [1.54, 1.807) is 24.3 Å². The number of carbonyl (C=O) groups is 2. The lowest BCUT2D eigenvalue weighted by molar-refractivity contribution is -0.186. The highest BCUT2D eigenvalue weighted by atomic mass is 19.4. The highest BCUT2D eigenvalue weighted by molar-refractivity contribution is 5.94. The summed E-state index contributed by atoms with van der Waals surface area (Å²) < 4.78 is 51.1. The van der Waals surface area contributed by atoms with Crippen LogP contribution in [0.3, 0.4) is 0 Å². The number of nitrogens with one attached hydrogen (secondary N) is 1. The Balaban J connectivity index is 1.54. The molecule has 0 saturated heterocycles. The molecule has 9 heteroatoms. The Morgan fingerprint density at radius 1 is 1.10 bits per heavy atom. The molecule has 160 valence electrons. The molecular weight excluding hydrogens is 402 g/mol. The molecule has 0 radical (unpaired) electrons. The molecule has 0 atom stereocenters. The first-order chi connectivity index (χ1) is 14.1. The van der Waals surface area contributed by atoms with E-state index in [-0.39, 0.29) is 17.8 Å². The van der Waals surface area contributed by atoms with Gasteiger partial charge in [0.25, 0.3) is 5.91 Å². The third-order valence-electron chi connectivity index (χ3n) is 5.29. The fourth-order valence-electron chi connectivity index (χ4n) is 3.59. The molecule has 30 heavy (non-hydrogen) atoms. The minimum absolute atomic E-state index is 0.189. The van der Waals surface area contributed by atoms with Gasteiger partial charge in [-0.2, -0.15) is 13.2 Å². The van der Waals surface area contributed by atoms with Gasteiger partial charge in [-0.1, -0.05) is 12.1 Å². The number of carbonyl (C=O) groups excluding carboxylic acids is 2. The topological polar surface area (TPSA) is 62.3 Å². The Morgan fingerprint density at radius 3 is 2.37 bits per heavy atom. The Labute approximate surface area is 171 Å². The average molecular weight is 423 g/mol. The summed E-state index contributed by atoms with van der Waals surface area (Å²) in [6, 6.07) is 8.48. The Kier molecular flexibility index (Phi) is 6.38. The fourth-order valence-corrected chi connectivity index (χ4v) is 3.59. The number of nitrogens with zero attached hydrogens (tertiary/aromatic N) is 2. The summed E-state index contributed by atoms with van der Waals surface area (Å²) in [7, 11) is 1.16. The van der Waals surface area contributed by atoms with Crippen LogP contribution < -0.4 is 5.32 Å². The molecule has 2 aromatic rings. The molecule has 1 aromatic carbocycles. The van der Waals surface area contributed by atoms with Gasteiger partial charge in [0.2, 0.25) is 0 Å². The lowest BCUT2D eigenvalue weighted by atomic mass is 9.90. The second-order valence-electron chi connectivity index (χ2n) is 7.34. The predicted molar refractivity (Wildman–Crippen MR) is 102 cm³/mol. The summed E-state index contributed by atoms with van der Waals surface area (Å²) in [5.41, 5.74) is 1.46. The van der Waals surface area contributed by atoms with Crippen molar-refractivity contribution in [1.82, 2.24) is 15.2 Å². The van der Waals surface area contributed by atoms with Gasteiger partial charge in [-0.05, 0) is 49.9 Å². The number of benzene rings is 1. The van der Waals surface area contributed by atoms with Gasteiger partial charge in [0.15, 0.2) is 0 Å². The van der Waals surface area contributed by atoms with Crippen molar-refractivity contribution in [1.29, 1.82) is 0 Å². The molecule has 1 aliphatic rings. The van der Waals surface area contributed by atoms with Crippen LogP contribution in [-0.2, 0) is 4.79 Å². The van der Waals surface area contributed by atoms with Crippen LogP contribution in [-0.4, -0.2) is 47.0 Å². The Bertz CT molecular complexity index is 907. The lowest BCUT2D eigenvalue weighted by Gasteiger charge is -2.35. The lowest BCUT2D eigenvalue weighted by Crippen LogP contribution is -2.48. The van der Waals surface area contributed by atoms with Crippen LogP contribution >= 0.6 is 0 Å². The highest BCUT2D eigenvalue weighted by Crippen LogP contribution is 2.27. The number of pyridine rings is 1. The van der Waals surface area contributed by atoms with Crippen LogP contribution in [0.15, 0.2) is 42.6 Å². The highest BCUT2D eigenvalue weighted by Gasteiger charge is 2.43. The molecule has 0 bridgehead atoms. The van der Waals surface area contributed by atoms with Crippen LogP contribution in [0.25, 0.3) is 11.3 Å². The first-order valence-electron chi connectivity index (χ1n) is 9.52. The molecule has 1 aliphatic carbocycles. The van der Waals surface area contributed by atoms with Crippen LogP contribution in [0, 0.1) is 5.82 Å². The molecule has 0 unspecified atom stereocenters. The molecule has 0 aliphatic heterocycles. The molecule has 2 amide bonds. The molecule has 1 fully saturated rings. The number of amides is 2. The summed E-state index contributed by atoms with van der Waals surface area (Å²) in [5.74, 6) is -2.56. The van der Waals surface area contributed by atoms with Crippen molar-refractivity contribution in [2.24, 2.45) is 0 Å². The third-order valence-corrected chi connectivity index (χ3v) is 5.29. The first kappa shape index (κ1) is 21.7. The summed E-state index contributed by atoms with van der Waals surface area (Å²) in [4.78, 5) is 28.8. The zero-order valence-electron chi connectivity index (χ0n) is 16.2. The van der Waals surface area contributed by atoms with E-state index in [0.29, 0.717) is 42.5 Å². The van der Waals surface area contributed by atoms with E-state index in [2.05, 4.69) is 10.3 Å². The van der Waals surface area contributed by atoms with E-state index in [9.17, 15) is 27.2 Å². The Hall–Kier alpha value is -2.97. The number of hydrogen-bond donors (Lipinski definition) is 1. The maximum absolute atomic E-state index is 13.3. The molecule has 1 aromatic heterocycles. The third kappa shape index (κ3) is 5.14. The smallest absolute Gasteiger partial charge is 0.349 e. The summed E-state index contributed by atoms with van der Waals surface area (Å²) >= 11 is 0. The second-order valence-corrected chi connectivity index (χ2v) is 7.34.